The quantitative estimate of drug-likeness (QED) is 0.705. The van der Waals surface area contributed by atoms with Crippen molar-refractivity contribution in [3.05, 3.63) is 22.4 Å². The summed E-state index contributed by atoms with van der Waals surface area (Å²) in [6, 6.07) is 2.27. The van der Waals surface area contributed by atoms with E-state index in [-0.39, 0.29) is 0 Å². The molecule has 0 saturated heterocycles. The second kappa shape index (κ2) is 3.87. The second-order valence-corrected chi connectivity index (χ2v) is 4.85. The molecular weight excluding hydrogens is 226 g/mol. The van der Waals surface area contributed by atoms with Crippen LogP contribution in [0.25, 0.3) is 0 Å². The van der Waals surface area contributed by atoms with Crippen molar-refractivity contribution in [1.29, 1.82) is 0 Å². The molecule has 0 N–H and O–H groups in total. The van der Waals surface area contributed by atoms with Crippen molar-refractivity contribution in [3.63, 3.8) is 0 Å². The van der Waals surface area contributed by atoms with Gasteiger partial charge in [0.25, 0.3) is 0 Å². The summed E-state index contributed by atoms with van der Waals surface area (Å²) in [6.45, 7) is 0. The molecule has 1 aromatic heterocycles. The van der Waals surface area contributed by atoms with Crippen LogP contribution in [0.5, 0.6) is 0 Å². The fourth-order valence-corrected chi connectivity index (χ4v) is 2.59. The van der Waals surface area contributed by atoms with Crippen LogP contribution in [0, 0.1) is 0 Å². The first-order valence-electron chi connectivity index (χ1n) is 5.09. The predicted octanol–water partition coefficient (Wildman–Crippen LogP) is 3.84. The lowest BCUT2D eigenvalue weighted by molar-refractivity contribution is 0.443. The van der Waals surface area contributed by atoms with E-state index in [2.05, 4.69) is 39.8 Å². The van der Waals surface area contributed by atoms with Crippen LogP contribution in [-0.2, 0) is 7.05 Å². The Morgan fingerprint density at radius 2 is 2.00 bits per heavy atom. The number of halogens is 1. The summed E-state index contributed by atoms with van der Waals surface area (Å²) >= 11 is 3.55. The molecule has 0 aromatic carbocycles. The molecule has 1 heterocycles. The van der Waals surface area contributed by atoms with Crippen molar-refractivity contribution in [2.45, 2.75) is 38.0 Å². The second-order valence-electron chi connectivity index (χ2n) is 4.04. The van der Waals surface area contributed by atoms with Gasteiger partial charge in [-0.25, -0.2) is 0 Å². The summed E-state index contributed by atoms with van der Waals surface area (Å²) in [6.07, 6.45) is 9.30. The van der Waals surface area contributed by atoms with Gasteiger partial charge in [-0.15, -0.1) is 0 Å². The van der Waals surface area contributed by atoms with Gasteiger partial charge < -0.3 is 4.57 Å². The van der Waals surface area contributed by atoms with Gasteiger partial charge in [0, 0.05) is 13.2 Å². The minimum absolute atomic E-state index is 0.825. The highest BCUT2D eigenvalue weighted by Gasteiger charge is 2.16. The summed E-state index contributed by atoms with van der Waals surface area (Å²) in [4.78, 5) is 0. The van der Waals surface area contributed by atoms with Crippen LogP contribution in [0.3, 0.4) is 0 Å². The third-order valence-electron chi connectivity index (χ3n) is 3.04. The SMILES string of the molecule is Cn1cc(C2CCCCC2)cc1Br. The zero-order valence-electron chi connectivity index (χ0n) is 8.09. The fourth-order valence-electron chi connectivity index (χ4n) is 2.22. The summed E-state index contributed by atoms with van der Waals surface area (Å²) in [7, 11) is 2.09. The maximum atomic E-state index is 3.55. The molecule has 1 aliphatic rings. The smallest absolute Gasteiger partial charge is 0.0846 e. The number of hydrogen-bond acceptors (Lipinski definition) is 0. The zero-order chi connectivity index (χ0) is 9.26. The largest absolute Gasteiger partial charge is 0.345 e. The van der Waals surface area contributed by atoms with E-state index in [1.165, 1.54) is 42.3 Å². The molecule has 2 rings (SSSR count). The van der Waals surface area contributed by atoms with E-state index in [0.29, 0.717) is 0 Å². The lowest BCUT2D eigenvalue weighted by Crippen LogP contribution is -2.03. The lowest BCUT2D eigenvalue weighted by Gasteiger charge is -2.20. The fraction of sp³-hybridized carbons (Fsp3) is 0.636. The number of aryl methyl sites for hydroxylation is 1. The molecule has 0 amide bonds. The van der Waals surface area contributed by atoms with Crippen molar-refractivity contribution in [3.8, 4) is 0 Å². The Morgan fingerprint density at radius 1 is 1.31 bits per heavy atom. The molecule has 0 unspecified atom stereocenters. The molecule has 0 atom stereocenters. The number of hydrogen-bond donors (Lipinski definition) is 0. The molecule has 0 spiro atoms. The van der Waals surface area contributed by atoms with E-state index in [1.54, 1.807) is 0 Å². The summed E-state index contributed by atoms with van der Waals surface area (Å²) in [5, 5.41) is 0. The van der Waals surface area contributed by atoms with Crippen molar-refractivity contribution >= 4 is 15.9 Å². The first kappa shape index (κ1) is 9.32. The lowest BCUT2D eigenvalue weighted by atomic mass is 9.85. The van der Waals surface area contributed by atoms with Crippen LogP contribution in [0.15, 0.2) is 16.9 Å². The topological polar surface area (TPSA) is 4.93 Å². The minimum atomic E-state index is 0.825. The first-order valence-corrected chi connectivity index (χ1v) is 5.88. The van der Waals surface area contributed by atoms with Crippen molar-refractivity contribution in [2.24, 2.45) is 7.05 Å². The highest BCUT2D eigenvalue weighted by molar-refractivity contribution is 9.10. The third-order valence-corrected chi connectivity index (χ3v) is 3.83. The summed E-state index contributed by atoms with van der Waals surface area (Å²) in [5.74, 6) is 0.825. The molecule has 1 nitrogen and oxygen atoms in total. The highest BCUT2D eigenvalue weighted by atomic mass is 79.9. The van der Waals surface area contributed by atoms with Gasteiger partial charge in [-0.1, -0.05) is 19.3 Å². The highest BCUT2D eigenvalue weighted by Crippen LogP contribution is 2.34. The van der Waals surface area contributed by atoms with E-state index in [9.17, 15) is 0 Å². The van der Waals surface area contributed by atoms with Gasteiger partial charge in [-0.2, -0.15) is 0 Å². The Labute approximate surface area is 88.3 Å². The number of aromatic nitrogens is 1. The minimum Gasteiger partial charge on any atom is -0.345 e. The Bertz CT molecular complexity index is 265. The van der Waals surface area contributed by atoms with Crippen LogP contribution in [0.4, 0.5) is 0 Å². The molecule has 1 fully saturated rings. The molecule has 2 heteroatoms. The van der Waals surface area contributed by atoms with Crippen molar-refractivity contribution in [1.82, 2.24) is 4.57 Å². The van der Waals surface area contributed by atoms with Gasteiger partial charge in [0.2, 0.25) is 0 Å². The van der Waals surface area contributed by atoms with Crippen LogP contribution in [0.1, 0.15) is 43.6 Å². The van der Waals surface area contributed by atoms with Crippen LogP contribution in [-0.4, -0.2) is 4.57 Å². The third kappa shape index (κ3) is 1.98. The monoisotopic (exact) mass is 241 g/mol. The maximum Gasteiger partial charge on any atom is 0.0846 e. The Balaban J connectivity index is 2.14. The molecule has 13 heavy (non-hydrogen) atoms. The zero-order valence-corrected chi connectivity index (χ0v) is 9.68. The van der Waals surface area contributed by atoms with Crippen molar-refractivity contribution in [2.75, 3.05) is 0 Å². The number of nitrogens with zero attached hydrogens (tertiary/aromatic N) is 1. The maximum absolute atomic E-state index is 3.55. The molecule has 1 saturated carbocycles. The van der Waals surface area contributed by atoms with Gasteiger partial charge in [-0.05, 0) is 46.3 Å². The predicted molar refractivity (Wildman–Crippen MR) is 58.9 cm³/mol. The molecule has 1 aliphatic carbocycles. The van der Waals surface area contributed by atoms with E-state index < -0.39 is 0 Å². The van der Waals surface area contributed by atoms with Gasteiger partial charge in [0.15, 0.2) is 0 Å². The van der Waals surface area contributed by atoms with E-state index in [1.807, 2.05) is 0 Å². The van der Waals surface area contributed by atoms with Crippen molar-refractivity contribution < 1.29 is 0 Å². The number of rotatable bonds is 1. The van der Waals surface area contributed by atoms with Gasteiger partial charge in [0.1, 0.15) is 0 Å². The molecule has 0 aliphatic heterocycles. The van der Waals surface area contributed by atoms with E-state index in [4.69, 9.17) is 0 Å². The van der Waals surface area contributed by atoms with E-state index in [0.717, 1.165) is 5.92 Å². The average molecular weight is 242 g/mol. The van der Waals surface area contributed by atoms with Crippen LogP contribution in [0.2, 0.25) is 0 Å². The Morgan fingerprint density at radius 3 is 2.54 bits per heavy atom. The normalized spacial score (nSPS) is 19.2. The average Bonchev–Trinajstić information content (AvgIpc) is 2.49. The van der Waals surface area contributed by atoms with Crippen LogP contribution < -0.4 is 0 Å². The molecule has 72 valence electrons. The van der Waals surface area contributed by atoms with E-state index >= 15 is 0 Å². The molecular formula is C11H16BrN. The van der Waals surface area contributed by atoms with Gasteiger partial charge in [-0.3, -0.25) is 0 Å². The first-order chi connectivity index (χ1) is 6.27. The Kier molecular flexibility index (Phi) is 2.77. The van der Waals surface area contributed by atoms with Crippen LogP contribution >= 0.6 is 15.9 Å². The molecule has 0 bridgehead atoms. The molecule has 0 radical (unpaired) electrons. The summed E-state index contributed by atoms with van der Waals surface area (Å²) in [5.41, 5.74) is 1.52. The Hall–Kier alpha value is -0.240. The molecule has 1 aromatic rings. The standard InChI is InChI=1S/C11H16BrN/c1-13-8-10(7-11(13)12)9-5-3-2-4-6-9/h7-9H,2-6H2,1H3. The van der Waals surface area contributed by atoms with Gasteiger partial charge in [0.05, 0.1) is 4.60 Å². The van der Waals surface area contributed by atoms with Gasteiger partial charge >= 0.3 is 0 Å². The summed E-state index contributed by atoms with van der Waals surface area (Å²) < 4.78 is 3.36.